The van der Waals surface area contributed by atoms with Gasteiger partial charge in [0.25, 0.3) is 5.91 Å². The van der Waals surface area contributed by atoms with Crippen LogP contribution < -0.4 is 47.7 Å². The molecule has 1 fully saturated rings. The van der Waals surface area contributed by atoms with Gasteiger partial charge in [-0.15, -0.1) is 0 Å². The number of amides is 6. The molecular formula is C42H66N8O9. The second-order valence-corrected chi connectivity index (χ2v) is 13.8. The summed E-state index contributed by atoms with van der Waals surface area (Å²) in [4.78, 5) is 85.5. The Balaban J connectivity index is 0.00000117. The van der Waals surface area contributed by atoms with Crippen molar-refractivity contribution < 1.29 is 43.4 Å². The Morgan fingerprint density at radius 1 is 0.881 bits per heavy atom. The first-order valence-electron chi connectivity index (χ1n) is 19.8. The summed E-state index contributed by atoms with van der Waals surface area (Å²) < 4.78 is 5.62. The van der Waals surface area contributed by atoms with Gasteiger partial charge in [0.1, 0.15) is 23.9 Å². The Hall–Kier alpha value is -6.13. The van der Waals surface area contributed by atoms with Gasteiger partial charge < -0.3 is 52.8 Å². The van der Waals surface area contributed by atoms with Crippen LogP contribution in [0.5, 0.6) is 5.75 Å². The number of nitrogens with one attached hydrogen (secondary N) is 7. The third-order valence-corrected chi connectivity index (χ3v) is 7.95. The third kappa shape index (κ3) is 24.3. The lowest BCUT2D eigenvalue weighted by molar-refractivity contribution is -0.140. The number of aliphatic carboxylic acids is 1. The van der Waals surface area contributed by atoms with Crippen molar-refractivity contribution in [2.75, 3.05) is 32.8 Å². The van der Waals surface area contributed by atoms with E-state index in [-0.39, 0.29) is 24.1 Å². The van der Waals surface area contributed by atoms with Crippen LogP contribution in [0.25, 0.3) is 0 Å². The number of aryl methyl sites for hydroxylation is 1. The summed E-state index contributed by atoms with van der Waals surface area (Å²) in [5.41, 5.74) is 7.22. The first-order valence-corrected chi connectivity index (χ1v) is 19.8. The highest BCUT2D eigenvalue weighted by Gasteiger charge is 2.30. The Bertz CT molecular complexity index is 1610. The highest BCUT2D eigenvalue weighted by molar-refractivity contribution is 5.97. The Labute approximate surface area is 348 Å². The maximum Gasteiger partial charge on any atom is 0.305 e. The molecule has 10 N–H and O–H groups in total. The summed E-state index contributed by atoms with van der Waals surface area (Å²) in [6.07, 6.45) is 7.90. The maximum absolute atomic E-state index is 12.9. The van der Waals surface area contributed by atoms with Crippen LogP contribution in [-0.2, 0) is 33.6 Å². The smallest absolute Gasteiger partial charge is 0.305 e. The van der Waals surface area contributed by atoms with Crippen LogP contribution in [0.4, 0.5) is 0 Å². The largest absolute Gasteiger partial charge is 0.494 e. The minimum absolute atomic E-state index is 0.108. The number of hydrogen-bond donors (Lipinski definition) is 9. The number of allylic oxidation sites excluding steroid dienone is 3. The minimum Gasteiger partial charge on any atom is -0.494 e. The number of carboxylic acids is 1. The Morgan fingerprint density at radius 3 is 2.00 bits per heavy atom. The predicted molar refractivity (Wildman–Crippen MR) is 227 cm³/mol. The van der Waals surface area contributed by atoms with Gasteiger partial charge >= 0.3 is 5.97 Å². The van der Waals surface area contributed by atoms with Crippen LogP contribution in [0.3, 0.4) is 0 Å². The van der Waals surface area contributed by atoms with Crippen LogP contribution in [0.15, 0.2) is 73.1 Å². The molecule has 17 heteroatoms. The van der Waals surface area contributed by atoms with Gasteiger partial charge in [0, 0.05) is 18.7 Å². The van der Waals surface area contributed by atoms with Crippen LogP contribution >= 0.6 is 0 Å². The molecule has 0 saturated carbocycles. The fourth-order valence-electron chi connectivity index (χ4n) is 4.87. The monoisotopic (exact) mass is 826 g/mol. The fraction of sp³-hybridized carbons (Fsp3) is 0.500. The lowest BCUT2D eigenvalue weighted by Crippen LogP contribution is -2.56. The summed E-state index contributed by atoms with van der Waals surface area (Å²) in [5, 5.41) is 26.6. The second kappa shape index (κ2) is 30.0. The summed E-state index contributed by atoms with van der Waals surface area (Å²) >= 11 is 0. The molecule has 0 spiro atoms. The molecule has 1 aromatic carbocycles. The van der Waals surface area contributed by atoms with Crippen molar-refractivity contribution in [3.8, 4) is 5.75 Å². The van der Waals surface area contributed by atoms with Gasteiger partial charge in [0.2, 0.25) is 29.5 Å². The summed E-state index contributed by atoms with van der Waals surface area (Å²) in [5.74, 6) is -3.97. The van der Waals surface area contributed by atoms with Crippen LogP contribution in [0.2, 0.25) is 0 Å². The molecule has 1 aliphatic heterocycles. The predicted octanol–water partition coefficient (Wildman–Crippen LogP) is 1.85. The molecule has 0 bridgehead atoms. The molecule has 3 unspecified atom stereocenters. The van der Waals surface area contributed by atoms with Crippen molar-refractivity contribution in [1.29, 1.82) is 0 Å². The van der Waals surface area contributed by atoms with Crippen molar-refractivity contribution in [2.45, 2.75) is 92.3 Å². The summed E-state index contributed by atoms with van der Waals surface area (Å²) in [6, 6.07) is 4.42. The molecule has 0 aromatic heterocycles. The van der Waals surface area contributed by atoms with Gasteiger partial charge in [-0.05, 0) is 56.2 Å². The molecule has 1 aliphatic rings. The molecule has 2 rings (SSSR count). The van der Waals surface area contributed by atoms with E-state index in [0.29, 0.717) is 37.6 Å². The third-order valence-electron chi connectivity index (χ3n) is 7.95. The van der Waals surface area contributed by atoms with Crippen LogP contribution in [-0.4, -0.2) is 97.4 Å². The molecule has 0 radical (unpaired) electrons. The van der Waals surface area contributed by atoms with Gasteiger partial charge in [-0.1, -0.05) is 90.6 Å². The number of carbonyl (C=O) groups excluding carboxylic acids is 6. The zero-order chi connectivity index (χ0) is 44.9. The maximum atomic E-state index is 12.9. The normalized spacial score (nSPS) is 17.8. The Morgan fingerprint density at radius 2 is 1.46 bits per heavy atom. The first-order chi connectivity index (χ1) is 27.9. The van der Waals surface area contributed by atoms with Crippen LogP contribution in [0, 0.1) is 18.8 Å². The van der Waals surface area contributed by atoms with Gasteiger partial charge in [-0.25, -0.2) is 0 Å². The van der Waals surface area contributed by atoms with Crippen molar-refractivity contribution in [1.82, 2.24) is 37.2 Å². The number of hydrogen-bond acceptors (Lipinski definition) is 10. The minimum atomic E-state index is -1.47. The van der Waals surface area contributed by atoms with Crippen molar-refractivity contribution in [3.05, 3.63) is 78.7 Å². The summed E-state index contributed by atoms with van der Waals surface area (Å²) in [6.45, 7) is 21.2. The highest BCUT2D eigenvalue weighted by Crippen LogP contribution is 2.11. The van der Waals surface area contributed by atoms with E-state index in [9.17, 15) is 33.6 Å². The first kappa shape index (κ1) is 52.9. The molecule has 1 heterocycles. The molecule has 3 atom stereocenters. The van der Waals surface area contributed by atoms with Gasteiger partial charge in [-0.3, -0.25) is 33.6 Å². The van der Waals surface area contributed by atoms with E-state index in [1.165, 1.54) is 5.56 Å². The van der Waals surface area contributed by atoms with E-state index in [2.05, 4.69) is 64.2 Å². The fourth-order valence-corrected chi connectivity index (χ4v) is 4.87. The number of ether oxygens (including phenoxy) is 1. The van der Waals surface area contributed by atoms with E-state index in [0.717, 1.165) is 12.2 Å². The SMILES string of the molecule is C=C(N)NCCCC1NC(=O)C(C(C)C)NC(=O)CNC(=O)C(CC(=O)O)NC(=O)CNC1=O.C=C/C(=C\C=C/C(C)C)C(=O)NCCCOc1ccc(C)cc1.CC. The number of carboxylic acid groups (broad SMARTS) is 1. The molecule has 6 amide bonds. The van der Waals surface area contributed by atoms with Gasteiger partial charge in [-0.2, -0.15) is 0 Å². The number of carbonyl (C=O) groups is 7. The van der Waals surface area contributed by atoms with Crippen LogP contribution in [0.1, 0.15) is 72.8 Å². The molecule has 0 aliphatic carbocycles. The van der Waals surface area contributed by atoms with E-state index in [1.54, 1.807) is 26.0 Å². The van der Waals surface area contributed by atoms with Gasteiger partial charge in [0.05, 0.1) is 31.9 Å². The number of benzene rings is 1. The lowest BCUT2D eigenvalue weighted by atomic mass is 10.0. The molecule has 1 aromatic rings. The van der Waals surface area contributed by atoms with E-state index < -0.39 is 73.1 Å². The summed E-state index contributed by atoms with van der Waals surface area (Å²) in [7, 11) is 0. The van der Waals surface area contributed by atoms with Gasteiger partial charge in [0.15, 0.2) is 0 Å². The number of rotatable bonds is 17. The van der Waals surface area contributed by atoms with Crippen molar-refractivity contribution in [3.63, 3.8) is 0 Å². The van der Waals surface area contributed by atoms with Crippen molar-refractivity contribution in [2.24, 2.45) is 17.6 Å². The van der Waals surface area contributed by atoms with E-state index in [4.69, 9.17) is 15.6 Å². The average molecular weight is 827 g/mol. The Kier molecular flexibility index (Phi) is 26.9. The van der Waals surface area contributed by atoms with E-state index in [1.807, 2.05) is 57.2 Å². The highest BCUT2D eigenvalue weighted by atomic mass is 16.5. The number of nitrogens with two attached hydrogens (primary N) is 1. The lowest BCUT2D eigenvalue weighted by Gasteiger charge is -2.25. The zero-order valence-electron chi connectivity index (χ0n) is 35.6. The molecule has 328 valence electrons. The molecule has 1 saturated heterocycles. The second-order valence-electron chi connectivity index (χ2n) is 13.8. The molecule has 59 heavy (non-hydrogen) atoms. The quantitative estimate of drug-likeness (QED) is 0.0622. The molecule has 17 nitrogen and oxygen atoms in total. The van der Waals surface area contributed by atoms with Crippen molar-refractivity contribution >= 4 is 41.4 Å². The molecular weight excluding hydrogens is 761 g/mol. The zero-order valence-corrected chi connectivity index (χ0v) is 35.6. The topological polar surface area (TPSA) is 259 Å². The average Bonchev–Trinajstić information content (AvgIpc) is 3.18. The van der Waals surface area contributed by atoms with E-state index >= 15 is 0 Å². The standard InChI is InChI=1S/C20H33N7O7.C20H27NO2.C2H6/c1-10(2)17-20(34)26-12(5-4-6-22-11(3)21)18(32)23-8-14(28)25-13(7-16(30)31)19(33)24-9-15(29)27-17;1-5-18(9-6-8-16(2)3)20(22)21-14-7-15-23-19-12-10-17(4)11-13-19;1-2/h10,12-13,17,22H,3-9,21H2,1-2H3,(H,23,32)(H,24,33)(H,25,28)(H,26,34)(H,27,29)(H,30,31);5-6,8-13,16H,1,7,14-15H2,2-4H3,(H,21,22);1-2H3/b;8-6-,18-9+;.